The highest BCUT2D eigenvalue weighted by molar-refractivity contribution is 5.88. The van der Waals surface area contributed by atoms with E-state index in [9.17, 15) is 9.18 Å². The molecule has 0 aliphatic carbocycles. The topological polar surface area (TPSA) is 73.1 Å². The number of carboxylic acid groups (broad SMARTS) is 1. The normalized spacial score (nSPS) is 8.92. The molecular formula is C8H5FN2O2. The average Bonchev–Trinajstić information content (AvgIpc) is 2.08. The molecule has 0 atom stereocenters. The first kappa shape index (κ1) is 9.00. The lowest BCUT2D eigenvalue weighted by molar-refractivity contribution is 0.0696. The average molecular weight is 180 g/mol. The van der Waals surface area contributed by atoms with Crippen molar-refractivity contribution in [2.24, 2.45) is 0 Å². The van der Waals surface area contributed by atoms with E-state index in [1.807, 2.05) is 0 Å². The summed E-state index contributed by atoms with van der Waals surface area (Å²) in [5, 5.41) is 18.7. The Labute approximate surface area is 73.2 Å². The molecule has 0 saturated carbocycles. The van der Waals surface area contributed by atoms with Crippen LogP contribution in [0, 0.1) is 17.3 Å². The van der Waals surface area contributed by atoms with Gasteiger partial charge in [-0.1, -0.05) is 0 Å². The van der Waals surface area contributed by atoms with Crippen molar-refractivity contribution in [2.45, 2.75) is 0 Å². The number of nitrogens with zero attached hydrogens (tertiary/aromatic N) is 1. The van der Waals surface area contributed by atoms with Gasteiger partial charge in [-0.3, -0.25) is 5.32 Å². The lowest BCUT2D eigenvalue weighted by atomic mass is 10.2. The van der Waals surface area contributed by atoms with Gasteiger partial charge in [-0.05, 0) is 18.2 Å². The minimum atomic E-state index is -1.21. The van der Waals surface area contributed by atoms with Crippen molar-refractivity contribution in [1.82, 2.24) is 0 Å². The Hall–Kier alpha value is -2.09. The van der Waals surface area contributed by atoms with E-state index in [0.717, 1.165) is 6.07 Å². The van der Waals surface area contributed by atoms with Gasteiger partial charge in [0.2, 0.25) is 0 Å². The first-order valence-corrected chi connectivity index (χ1v) is 3.33. The summed E-state index contributed by atoms with van der Waals surface area (Å²) in [4.78, 5) is 10.4. The second-order valence-electron chi connectivity index (χ2n) is 2.24. The first-order chi connectivity index (χ1) is 6.15. The molecule has 0 aliphatic heterocycles. The minimum Gasteiger partial charge on any atom is -0.478 e. The van der Waals surface area contributed by atoms with Gasteiger partial charge in [-0.2, -0.15) is 5.26 Å². The Morgan fingerprint density at radius 3 is 2.77 bits per heavy atom. The van der Waals surface area contributed by atoms with Crippen LogP contribution in [0.5, 0.6) is 0 Å². The quantitative estimate of drug-likeness (QED) is 0.533. The summed E-state index contributed by atoms with van der Waals surface area (Å²) in [6.07, 6.45) is 1.54. The Morgan fingerprint density at radius 1 is 1.62 bits per heavy atom. The summed E-state index contributed by atoms with van der Waals surface area (Å²) in [6.45, 7) is 0. The van der Waals surface area contributed by atoms with Crippen LogP contribution in [0.3, 0.4) is 0 Å². The van der Waals surface area contributed by atoms with E-state index < -0.39 is 11.8 Å². The summed E-state index contributed by atoms with van der Waals surface area (Å²) in [6, 6.07) is 3.26. The van der Waals surface area contributed by atoms with Crippen molar-refractivity contribution in [3.05, 3.63) is 29.6 Å². The van der Waals surface area contributed by atoms with Gasteiger partial charge in [0.15, 0.2) is 6.19 Å². The molecule has 5 heteroatoms. The van der Waals surface area contributed by atoms with Gasteiger partial charge in [0.1, 0.15) is 5.82 Å². The molecule has 4 nitrogen and oxygen atoms in total. The molecule has 0 aromatic heterocycles. The number of rotatable bonds is 2. The number of aromatic carboxylic acids is 1. The van der Waals surface area contributed by atoms with Crippen molar-refractivity contribution in [2.75, 3.05) is 5.32 Å². The highest BCUT2D eigenvalue weighted by Gasteiger charge is 2.07. The molecule has 0 aliphatic rings. The van der Waals surface area contributed by atoms with Crippen LogP contribution in [0.15, 0.2) is 18.2 Å². The SMILES string of the molecule is N#CNc1ccc(C(=O)O)cc1F. The van der Waals surface area contributed by atoms with E-state index in [4.69, 9.17) is 10.4 Å². The van der Waals surface area contributed by atoms with Gasteiger partial charge in [-0.15, -0.1) is 0 Å². The van der Waals surface area contributed by atoms with Crippen LogP contribution in [0.1, 0.15) is 10.4 Å². The summed E-state index contributed by atoms with van der Waals surface area (Å²) >= 11 is 0. The van der Waals surface area contributed by atoms with E-state index in [-0.39, 0.29) is 11.3 Å². The molecule has 0 fully saturated rings. The molecule has 0 unspecified atom stereocenters. The molecule has 0 radical (unpaired) electrons. The summed E-state index contributed by atoms with van der Waals surface area (Å²) < 4.78 is 12.9. The molecule has 0 spiro atoms. The fourth-order valence-corrected chi connectivity index (χ4v) is 0.810. The second kappa shape index (κ2) is 3.54. The van der Waals surface area contributed by atoms with Crippen LogP contribution in [-0.2, 0) is 0 Å². The molecule has 0 saturated heterocycles. The van der Waals surface area contributed by atoms with Crippen LogP contribution >= 0.6 is 0 Å². The van der Waals surface area contributed by atoms with E-state index >= 15 is 0 Å². The van der Waals surface area contributed by atoms with E-state index in [0.29, 0.717) is 0 Å². The monoisotopic (exact) mass is 180 g/mol. The van der Waals surface area contributed by atoms with Crippen LogP contribution in [0.2, 0.25) is 0 Å². The third-order valence-electron chi connectivity index (χ3n) is 1.41. The maximum atomic E-state index is 12.9. The number of benzene rings is 1. The van der Waals surface area contributed by atoms with Crippen molar-refractivity contribution in [3.63, 3.8) is 0 Å². The molecule has 13 heavy (non-hydrogen) atoms. The van der Waals surface area contributed by atoms with E-state index in [2.05, 4.69) is 5.32 Å². The summed E-state index contributed by atoms with van der Waals surface area (Å²) in [5.41, 5.74) is -0.187. The lowest BCUT2D eigenvalue weighted by Gasteiger charge is -2.00. The number of carboxylic acids is 1. The number of halogens is 1. The van der Waals surface area contributed by atoms with Crippen molar-refractivity contribution >= 4 is 11.7 Å². The Bertz CT molecular complexity index is 384. The largest absolute Gasteiger partial charge is 0.478 e. The molecule has 1 aromatic rings. The van der Waals surface area contributed by atoms with Gasteiger partial charge >= 0.3 is 5.97 Å². The molecular weight excluding hydrogens is 175 g/mol. The molecule has 0 bridgehead atoms. The predicted octanol–water partition coefficient (Wildman–Crippen LogP) is 1.42. The zero-order chi connectivity index (χ0) is 9.84. The molecule has 0 amide bonds. The van der Waals surface area contributed by atoms with Crippen LogP contribution in [-0.4, -0.2) is 11.1 Å². The zero-order valence-electron chi connectivity index (χ0n) is 6.41. The van der Waals surface area contributed by atoms with Gasteiger partial charge in [0.05, 0.1) is 11.3 Å². The second-order valence-corrected chi connectivity index (χ2v) is 2.24. The van der Waals surface area contributed by atoms with Gasteiger partial charge in [-0.25, -0.2) is 9.18 Å². The lowest BCUT2D eigenvalue weighted by Crippen LogP contribution is -1.99. The minimum absolute atomic E-state index is 0.0347. The van der Waals surface area contributed by atoms with Crippen LogP contribution in [0.4, 0.5) is 10.1 Å². The first-order valence-electron chi connectivity index (χ1n) is 3.33. The number of anilines is 1. The van der Waals surface area contributed by atoms with E-state index in [1.165, 1.54) is 18.3 Å². The van der Waals surface area contributed by atoms with Gasteiger partial charge < -0.3 is 5.11 Å². The number of hydrogen-bond acceptors (Lipinski definition) is 3. The van der Waals surface area contributed by atoms with E-state index in [1.54, 1.807) is 0 Å². The van der Waals surface area contributed by atoms with Crippen molar-refractivity contribution < 1.29 is 14.3 Å². The molecule has 1 aromatic carbocycles. The zero-order valence-corrected chi connectivity index (χ0v) is 6.41. The number of hydrogen-bond donors (Lipinski definition) is 2. The Balaban J connectivity index is 3.07. The molecule has 2 N–H and O–H groups in total. The summed E-state index contributed by atoms with van der Waals surface area (Å²) in [5.74, 6) is -1.97. The summed E-state index contributed by atoms with van der Waals surface area (Å²) in [7, 11) is 0. The number of carbonyl (C=O) groups is 1. The smallest absolute Gasteiger partial charge is 0.335 e. The molecule has 66 valence electrons. The van der Waals surface area contributed by atoms with Gasteiger partial charge in [0, 0.05) is 0 Å². The number of nitriles is 1. The van der Waals surface area contributed by atoms with Crippen LogP contribution < -0.4 is 5.32 Å². The molecule has 0 heterocycles. The van der Waals surface area contributed by atoms with Crippen molar-refractivity contribution in [3.8, 4) is 6.19 Å². The third-order valence-corrected chi connectivity index (χ3v) is 1.41. The fraction of sp³-hybridized carbons (Fsp3) is 0. The van der Waals surface area contributed by atoms with Gasteiger partial charge in [0.25, 0.3) is 0 Å². The maximum absolute atomic E-state index is 12.9. The Kier molecular flexibility index (Phi) is 2.45. The number of nitrogens with one attached hydrogen (secondary N) is 1. The highest BCUT2D eigenvalue weighted by Crippen LogP contribution is 2.14. The predicted molar refractivity (Wildman–Crippen MR) is 42.6 cm³/mol. The third kappa shape index (κ3) is 1.93. The van der Waals surface area contributed by atoms with Crippen LogP contribution in [0.25, 0.3) is 0 Å². The fourth-order valence-electron chi connectivity index (χ4n) is 0.810. The standard InChI is InChI=1S/C8H5FN2O2/c9-6-3-5(8(12)13)1-2-7(6)11-4-10/h1-3,11H,(H,12,13). The van der Waals surface area contributed by atoms with Crippen molar-refractivity contribution in [1.29, 1.82) is 5.26 Å². The molecule has 1 rings (SSSR count). The highest BCUT2D eigenvalue weighted by atomic mass is 19.1. The maximum Gasteiger partial charge on any atom is 0.335 e. The Morgan fingerprint density at radius 2 is 2.31 bits per heavy atom.